The lowest BCUT2D eigenvalue weighted by Crippen LogP contribution is -2.38. The van der Waals surface area contributed by atoms with Crippen molar-refractivity contribution in [2.45, 2.75) is 6.92 Å². The summed E-state index contributed by atoms with van der Waals surface area (Å²) in [5.41, 5.74) is 0.957. The maximum absolute atomic E-state index is 11.9. The molecule has 94 valence electrons. The van der Waals surface area contributed by atoms with E-state index in [-0.39, 0.29) is 18.4 Å². The van der Waals surface area contributed by atoms with Crippen molar-refractivity contribution < 1.29 is 9.59 Å². The number of hydrogen-bond acceptors (Lipinski definition) is 3. The van der Waals surface area contributed by atoms with E-state index in [1.54, 1.807) is 31.3 Å². The number of benzene rings is 1. The third kappa shape index (κ3) is 3.59. The maximum Gasteiger partial charge on any atom is 0.254 e. The normalized spacial score (nSPS) is 9.39. The van der Waals surface area contributed by atoms with Crippen LogP contribution in [0.1, 0.15) is 22.8 Å². The van der Waals surface area contributed by atoms with Gasteiger partial charge in [0.15, 0.2) is 0 Å². The van der Waals surface area contributed by atoms with Gasteiger partial charge in [0.1, 0.15) is 0 Å². The van der Waals surface area contributed by atoms with Crippen LogP contribution < -0.4 is 5.32 Å². The predicted octanol–water partition coefficient (Wildman–Crippen LogP) is 0.766. The molecule has 1 aromatic rings. The van der Waals surface area contributed by atoms with Gasteiger partial charge in [-0.05, 0) is 31.2 Å². The number of rotatable bonds is 4. The van der Waals surface area contributed by atoms with Crippen LogP contribution in [0.5, 0.6) is 0 Å². The van der Waals surface area contributed by atoms with Crippen molar-refractivity contribution in [3.63, 3.8) is 0 Å². The highest BCUT2D eigenvalue weighted by molar-refractivity contribution is 5.96. The van der Waals surface area contributed by atoms with Gasteiger partial charge >= 0.3 is 0 Å². The minimum atomic E-state index is -0.245. The van der Waals surface area contributed by atoms with E-state index in [4.69, 9.17) is 5.26 Å². The lowest BCUT2D eigenvalue weighted by Gasteiger charge is -2.16. The van der Waals surface area contributed by atoms with Crippen molar-refractivity contribution in [2.24, 2.45) is 0 Å². The second kappa shape index (κ2) is 6.40. The molecule has 5 nitrogen and oxygen atoms in total. The molecule has 0 bridgehead atoms. The smallest absolute Gasteiger partial charge is 0.254 e. The maximum atomic E-state index is 11.9. The van der Waals surface area contributed by atoms with Crippen LogP contribution >= 0.6 is 0 Å². The fourth-order valence-corrected chi connectivity index (χ4v) is 1.45. The van der Waals surface area contributed by atoms with Gasteiger partial charge in [0.05, 0.1) is 18.2 Å². The first kappa shape index (κ1) is 13.7. The van der Waals surface area contributed by atoms with Gasteiger partial charge in [-0.15, -0.1) is 0 Å². The molecule has 0 aromatic heterocycles. The summed E-state index contributed by atoms with van der Waals surface area (Å²) in [7, 11) is 1.57. The molecule has 0 radical (unpaired) electrons. The number of nitrogens with zero attached hydrogens (tertiary/aromatic N) is 2. The molecule has 0 fully saturated rings. The minimum absolute atomic E-state index is 0.0205. The molecule has 0 aliphatic carbocycles. The van der Waals surface area contributed by atoms with E-state index >= 15 is 0 Å². The monoisotopic (exact) mass is 245 g/mol. The van der Waals surface area contributed by atoms with E-state index in [1.165, 1.54) is 4.90 Å². The molecule has 0 saturated carbocycles. The van der Waals surface area contributed by atoms with Crippen molar-refractivity contribution in [1.82, 2.24) is 10.2 Å². The van der Waals surface area contributed by atoms with Gasteiger partial charge < -0.3 is 10.2 Å². The van der Waals surface area contributed by atoms with Gasteiger partial charge in [-0.2, -0.15) is 5.26 Å². The van der Waals surface area contributed by atoms with Gasteiger partial charge in [-0.3, -0.25) is 9.59 Å². The number of carbonyl (C=O) groups is 2. The molecule has 1 aromatic carbocycles. The average molecular weight is 245 g/mol. The summed E-state index contributed by atoms with van der Waals surface area (Å²) in [6.45, 7) is 2.38. The fourth-order valence-electron chi connectivity index (χ4n) is 1.45. The molecule has 0 unspecified atom stereocenters. The molecule has 1 N–H and O–H groups in total. The highest BCUT2D eigenvalue weighted by Gasteiger charge is 2.14. The minimum Gasteiger partial charge on any atom is -0.355 e. The average Bonchev–Trinajstić information content (AvgIpc) is 2.38. The summed E-state index contributed by atoms with van der Waals surface area (Å²) >= 11 is 0. The van der Waals surface area contributed by atoms with Crippen LogP contribution in [0.3, 0.4) is 0 Å². The summed E-state index contributed by atoms with van der Waals surface area (Å²) in [6.07, 6.45) is 0. The molecule has 0 atom stereocenters. The molecule has 0 saturated heterocycles. The molecular weight excluding hydrogens is 230 g/mol. The highest BCUT2D eigenvalue weighted by atomic mass is 16.2. The van der Waals surface area contributed by atoms with E-state index < -0.39 is 0 Å². The zero-order chi connectivity index (χ0) is 13.5. The van der Waals surface area contributed by atoms with E-state index in [1.807, 2.05) is 13.0 Å². The summed E-state index contributed by atoms with van der Waals surface area (Å²) in [6, 6.07) is 8.29. The molecule has 1 rings (SSSR count). The van der Waals surface area contributed by atoms with Gasteiger partial charge in [0.25, 0.3) is 5.91 Å². The van der Waals surface area contributed by atoms with Crippen molar-refractivity contribution in [3.8, 4) is 6.07 Å². The van der Waals surface area contributed by atoms with Crippen LogP contribution in [0.25, 0.3) is 0 Å². The number of amides is 2. The fraction of sp³-hybridized carbons (Fsp3) is 0.308. The first-order valence-corrected chi connectivity index (χ1v) is 5.60. The Balaban J connectivity index is 2.68. The molecule has 0 aliphatic rings. The van der Waals surface area contributed by atoms with E-state index in [0.29, 0.717) is 17.7 Å². The Hall–Kier alpha value is -2.35. The van der Waals surface area contributed by atoms with Crippen LogP contribution in [0.15, 0.2) is 24.3 Å². The number of nitrogens with one attached hydrogen (secondary N) is 1. The number of hydrogen-bond donors (Lipinski definition) is 1. The Bertz CT molecular complexity index is 474. The van der Waals surface area contributed by atoms with E-state index in [9.17, 15) is 9.59 Å². The summed E-state index contributed by atoms with van der Waals surface area (Å²) in [4.78, 5) is 24.6. The van der Waals surface area contributed by atoms with Gasteiger partial charge in [0, 0.05) is 19.2 Å². The quantitative estimate of drug-likeness (QED) is 0.851. The van der Waals surface area contributed by atoms with Crippen LogP contribution in [0.2, 0.25) is 0 Å². The van der Waals surface area contributed by atoms with Gasteiger partial charge in [-0.25, -0.2) is 0 Å². The summed E-state index contributed by atoms with van der Waals surface area (Å²) in [5.74, 6) is -0.437. The standard InChI is InChI=1S/C13H15N3O2/c1-3-15-12(17)9-16(2)13(18)11-6-4-10(8-14)5-7-11/h4-7H,3,9H2,1-2H3,(H,15,17). The molecule has 0 aliphatic heterocycles. The van der Waals surface area contributed by atoms with Crippen LogP contribution in [-0.2, 0) is 4.79 Å². The summed E-state index contributed by atoms with van der Waals surface area (Å²) < 4.78 is 0. The van der Waals surface area contributed by atoms with Crippen LogP contribution in [-0.4, -0.2) is 36.9 Å². The third-order valence-corrected chi connectivity index (χ3v) is 2.36. The largest absolute Gasteiger partial charge is 0.355 e. The van der Waals surface area contributed by atoms with Gasteiger partial charge in [-0.1, -0.05) is 0 Å². The lowest BCUT2D eigenvalue weighted by atomic mass is 10.1. The molecule has 5 heteroatoms. The number of carbonyl (C=O) groups excluding carboxylic acids is 2. The van der Waals surface area contributed by atoms with Crippen LogP contribution in [0.4, 0.5) is 0 Å². The Kier molecular flexibility index (Phi) is 4.88. The van der Waals surface area contributed by atoms with Crippen molar-refractivity contribution in [1.29, 1.82) is 5.26 Å². The topological polar surface area (TPSA) is 73.2 Å². The van der Waals surface area contributed by atoms with Crippen molar-refractivity contribution >= 4 is 11.8 Å². The highest BCUT2D eigenvalue weighted by Crippen LogP contribution is 2.06. The lowest BCUT2D eigenvalue weighted by molar-refractivity contribution is -0.121. The second-order valence-corrected chi connectivity index (χ2v) is 3.80. The molecular formula is C13H15N3O2. The zero-order valence-corrected chi connectivity index (χ0v) is 10.4. The summed E-state index contributed by atoms with van der Waals surface area (Å²) in [5, 5.41) is 11.3. The predicted molar refractivity (Wildman–Crippen MR) is 66.8 cm³/mol. The van der Waals surface area contributed by atoms with Crippen molar-refractivity contribution in [3.05, 3.63) is 35.4 Å². The Morgan fingerprint density at radius 3 is 2.44 bits per heavy atom. The third-order valence-electron chi connectivity index (χ3n) is 2.36. The Morgan fingerprint density at radius 2 is 1.94 bits per heavy atom. The van der Waals surface area contributed by atoms with E-state index in [2.05, 4.69) is 5.32 Å². The first-order valence-electron chi connectivity index (χ1n) is 5.60. The zero-order valence-electron chi connectivity index (χ0n) is 10.4. The molecule has 0 spiro atoms. The second-order valence-electron chi connectivity index (χ2n) is 3.80. The van der Waals surface area contributed by atoms with Gasteiger partial charge in [0.2, 0.25) is 5.91 Å². The first-order chi connectivity index (χ1) is 8.58. The number of nitriles is 1. The molecule has 2 amide bonds. The Labute approximate surface area is 106 Å². The molecule has 0 heterocycles. The SMILES string of the molecule is CCNC(=O)CN(C)C(=O)c1ccc(C#N)cc1. The molecule has 18 heavy (non-hydrogen) atoms. The van der Waals surface area contributed by atoms with E-state index in [0.717, 1.165) is 0 Å². The van der Waals surface area contributed by atoms with Crippen molar-refractivity contribution in [2.75, 3.05) is 20.1 Å². The number of likely N-dealkylation sites (N-methyl/N-ethyl adjacent to an activating group) is 2. The van der Waals surface area contributed by atoms with Crippen LogP contribution in [0, 0.1) is 11.3 Å². The Morgan fingerprint density at radius 1 is 1.33 bits per heavy atom.